The zero-order valence-corrected chi connectivity index (χ0v) is 12.7. The molecule has 21 heavy (non-hydrogen) atoms. The molecule has 7 nitrogen and oxygen atoms in total. The van der Waals surface area contributed by atoms with E-state index in [-0.39, 0.29) is 35.1 Å². The summed E-state index contributed by atoms with van der Waals surface area (Å²) in [5.41, 5.74) is -0.774. The zero-order chi connectivity index (χ0) is 15.8. The van der Waals surface area contributed by atoms with E-state index in [1.807, 2.05) is 0 Å². The molecule has 0 atom stereocenters. The third-order valence-corrected chi connectivity index (χ3v) is 6.51. The average Bonchev–Trinajstić information content (AvgIpc) is 2.38. The van der Waals surface area contributed by atoms with Gasteiger partial charge in [0.15, 0.2) is 0 Å². The molecule has 1 heterocycles. The SMILES string of the molecule is Cc1cc(F)c([N+](=O)[O-])cc1S(=O)(=O)N1CCS(=O)CC1. The molecule has 2 rings (SSSR count). The van der Waals surface area contributed by atoms with Crippen LogP contribution in [-0.4, -0.2) is 46.5 Å². The number of hydrogen-bond donors (Lipinski definition) is 0. The highest BCUT2D eigenvalue weighted by Gasteiger charge is 2.31. The van der Waals surface area contributed by atoms with Crippen molar-refractivity contribution in [2.24, 2.45) is 0 Å². The van der Waals surface area contributed by atoms with E-state index < -0.39 is 37.3 Å². The number of rotatable bonds is 3. The van der Waals surface area contributed by atoms with Crippen LogP contribution in [0.3, 0.4) is 0 Å². The van der Waals surface area contributed by atoms with Gasteiger partial charge in [0.05, 0.1) is 9.82 Å². The van der Waals surface area contributed by atoms with Gasteiger partial charge in [-0.25, -0.2) is 8.42 Å². The Hall–Kier alpha value is -1.39. The van der Waals surface area contributed by atoms with Crippen molar-refractivity contribution in [3.05, 3.63) is 33.6 Å². The molecule has 1 aliphatic rings. The van der Waals surface area contributed by atoms with Crippen molar-refractivity contribution in [1.29, 1.82) is 0 Å². The Balaban J connectivity index is 2.47. The van der Waals surface area contributed by atoms with Crippen LogP contribution in [-0.2, 0) is 20.8 Å². The fourth-order valence-corrected chi connectivity index (χ4v) is 5.01. The number of benzene rings is 1. The van der Waals surface area contributed by atoms with Gasteiger partial charge in [-0.05, 0) is 18.6 Å². The van der Waals surface area contributed by atoms with Crippen LogP contribution in [0.25, 0.3) is 0 Å². The molecule has 0 unspecified atom stereocenters. The van der Waals surface area contributed by atoms with Crippen molar-refractivity contribution in [2.45, 2.75) is 11.8 Å². The Morgan fingerprint density at radius 3 is 2.43 bits per heavy atom. The fraction of sp³-hybridized carbons (Fsp3) is 0.455. The molecule has 10 heteroatoms. The van der Waals surface area contributed by atoms with E-state index >= 15 is 0 Å². The van der Waals surface area contributed by atoms with Crippen LogP contribution in [0.15, 0.2) is 17.0 Å². The Labute approximate surface area is 123 Å². The summed E-state index contributed by atoms with van der Waals surface area (Å²) in [6.45, 7) is 1.54. The first-order valence-electron chi connectivity index (χ1n) is 6.03. The maximum atomic E-state index is 13.5. The maximum Gasteiger partial charge on any atom is 0.306 e. The summed E-state index contributed by atoms with van der Waals surface area (Å²) >= 11 is 0. The van der Waals surface area contributed by atoms with Gasteiger partial charge in [0.25, 0.3) is 0 Å². The van der Waals surface area contributed by atoms with Gasteiger partial charge in [0, 0.05) is 41.5 Å². The van der Waals surface area contributed by atoms with E-state index in [1.54, 1.807) is 0 Å². The highest BCUT2D eigenvalue weighted by atomic mass is 32.2. The molecule has 0 aromatic heterocycles. The van der Waals surface area contributed by atoms with E-state index in [2.05, 4.69) is 0 Å². The molecule has 0 spiro atoms. The van der Waals surface area contributed by atoms with Crippen molar-refractivity contribution in [2.75, 3.05) is 24.6 Å². The monoisotopic (exact) mass is 336 g/mol. The largest absolute Gasteiger partial charge is 0.306 e. The van der Waals surface area contributed by atoms with Crippen molar-refractivity contribution >= 4 is 26.5 Å². The Morgan fingerprint density at radius 2 is 1.90 bits per heavy atom. The number of sulfonamides is 1. The van der Waals surface area contributed by atoms with E-state index in [9.17, 15) is 27.1 Å². The molecular formula is C11H13FN2O5S2. The number of nitrogens with zero attached hydrogens (tertiary/aromatic N) is 2. The number of aryl methyl sites for hydroxylation is 1. The highest BCUT2D eigenvalue weighted by Crippen LogP contribution is 2.28. The Morgan fingerprint density at radius 1 is 1.33 bits per heavy atom. The lowest BCUT2D eigenvalue weighted by molar-refractivity contribution is -0.387. The molecular weight excluding hydrogens is 323 g/mol. The second kappa shape index (κ2) is 5.78. The van der Waals surface area contributed by atoms with Gasteiger partial charge in [-0.3, -0.25) is 14.3 Å². The van der Waals surface area contributed by atoms with Crippen LogP contribution in [0.4, 0.5) is 10.1 Å². The summed E-state index contributed by atoms with van der Waals surface area (Å²) in [7, 11) is -5.01. The lowest BCUT2D eigenvalue weighted by Crippen LogP contribution is -2.41. The predicted molar refractivity (Wildman–Crippen MR) is 74.4 cm³/mol. The number of halogens is 1. The normalized spacial score (nSPS) is 17.8. The van der Waals surface area contributed by atoms with E-state index in [4.69, 9.17) is 0 Å². The first-order chi connectivity index (χ1) is 9.73. The fourth-order valence-electron chi connectivity index (χ4n) is 2.06. The van der Waals surface area contributed by atoms with Crippen LogP contribution >= 0.6 is 0 Å². The van der Waals surface area contributed by atoms with Crippen molar-refractivity contribution in [3.8, 4) is 0 Å². The second-order valence-corrected chi connectivity index (χ2v) is 8.18. The molecule has 0 aliphatic carbocycles. The molecule has 1 aromatic rings. The first-order valence-corrected chi connectivity index (χ1v) is 8.96. The molecule has 0 amide bonds. The summed E-state index contributed by atoms with van der Waals surface area (Å²) in [5, 5.41) is 10.7. The van der Waals surface area contributed by atoms with Gasteiger partial charge in [0.1, 0.15) is 0 Å². The lowest BCUT2D eigenvalue weighted by Gasteiger charge is -2.26. The molecule has 0 saturated carbocycles. The minimum Gasteiger partial charge on any atom is -0.259 e. The van der Waals surface area contributed by atoms with E-state index in [0.29, 0.717) is 0 Å². The summed E-state index contributed by atoms with van der Waals surface area (Å²) in [4.78, 5) is 9.50. The van der Waals surface area contributed by atoms with Crippen LogP contribution in [0.5, 0.6) is 0 Å². The minimum absolute atomic E-state index is 0.0829. The Bertz CT molecular complexity index is 710. The molecule has 0 N–H and O–H groups in total. The van der Waals surface area contributed by atoms with Gasteiger partial charge in [0.2, 0.25) is 15.8 Å². The third kappa shape index (κ3) is 3.11. The van der Waals surface area contributed by atoms with Crippen LogP contribution in [0.2, 0.25) is 0 Å². The molecule has 1 aromatic carbocycles. The van der Waals surface area contributed by atoms with Gasteiger partial charge >= 0.3 is 5.69 Å². The first kappa shape index (κ1) is 16.0. The third-order valence-electron chi connectivity index (χ3n) is 3.20. The number of nitro benzene ring substituents is 1. The standard InChI is InChI=1S/C11H13FN2O5S2/c1-8-6-9(12)10(14(15)16)7-11(8)21(18,19)13-2-4-20(17)5-3-13/h6-7H,2-5H2,1H3. The molecule has 1 fully saturated rings. The van der Waals surface area contributed by atoms with Gasteiger partial charge < -0.3 is 0 Å². The molecule has 0 radical (unpaired) electrons. The zero-order valence-electron chi connectivity index (χ0n) is 11.1. The molecule has 116 valence electrons. The van der Waals surface area contributed by atoms with Crippen LogP contribution < -0.4 is 0 Å². The van der Waals surface area contributed by atoms with Crippen LogP contribution in [0, 0.1) is 22.9 Å². The minimum atomic E-state index is -3.96. The van der Waals surface area contributed by atoms with Crippen molar-refractivity contribution in [1.82, 2.24) is 4.31 Å². The van der Waals surface area contributed by atoms with Gasteiger partial charge in [-0.1, -0.05) is 0 Å². The second-order valence-electron chi connectivity index (χ2n) is 4.58. The molecule has 1 aliphatic heterocycles. The summed E-state index contributed by atoms with van der Waals surface area (Å²) in [6, 6.07) is 1.58. The van der Waals surface area contributed by atoms with E-state index in [1.165, 1.54) is 6.92 Å². The van der Waals surface area contributed by atoms with Crippen molar-refractivity contribution < 1.29 is 21.9 Å². The van der Waals surface area contributed by atoms with E-state index in [0.717, 1.165) is 16.4 Å². The summed E-state index contributed by atoms with van der Waals surface area (Å²) < 4.78 is 50.8. The van der Waals surface area contributed by atoms with Gasteiger partial charge in [-0.15, -0.1) is 0 Å². The number of nitro groups is 1. The average molecular weight is 336 g/mol. The van der Waals surface area contributed by atoms with Crippen molar-refractivity contribution in [3.63, 3.8) is 0 Å². The van der Waals surface area contributed by atoms with Gasteiger partial charge in [-0.2, -0.15) is 8.70 Å². The predicted octanol–water partition coefficient (Wildman–Crippen LogP) is 0.795. The highest BCUT2D eigenvalue weighted by molar-refractivity contribution is 7.89. The summed E-state index contributed by atoms with van der Waals surface area (Å²) in [6.07, 6.45) is 0. The smallest absolute Gasteiger partial charge is 0.259 e. The summed E-state index contributed by atoms with van der Waals surface area (Å²) in [5.74, 6) is -0.625. The molecule has 1 saturated heterocycles. The topological polar surface area (TPSA) is 97.6 Å². The quantitative estimate of drug-likeness (QED) is 0.600. The lowest BCUT2D eigenvalue weighted by atomic mass is 10.2. The number of hydrogen-bond acceptors (Lipinski definition) is 5. The maximum absolute atomic E-state index is 13.5. The van der Waals surface area contributed by atoms with Crippen LogP contribution in [0.1, 0.15) is 5.56 Å². The Kier molecular flexibility index (Phi) is 4.40. The molecule has 0 bridgehead atoms.